The number of rotatable bonds is 5. The van der Waals surface area contributed by atoms with Crippen molar-refractivity contribution >= 4 is 11.8 Å². The van der Waals surface area contributed by atoms with E-state index < -0.39 is 0 Å². The number of ketones is 1. The van der Waals surface area contributed by atoms with Gasteiger partial charge in [0, 0.05) is 5.56 Å². The maximum absolute atomic E-state index is 12.0. The summed E-state index contributed by atoms with van der Waals surface area (Å²) in [5, 5.41) is 0. The highest BCUT2D eigenvalue weighted by molar-refractivity contribution is 5.94. The van der Waals surface area contributed by atoms with Gasteiger partial charge >= 0.3 is 5.97 Å². The zero-order valence-electron chi connectivity index (χ0n) is 13.6. The van der Waals surface area contributed by atoms with E-state index in [-0.39, 0.29) is 23.3 Å². The minimum atomic E-state index is -0.381. The third-order valence-electron chi connectivity index (χ3n) is 4.37. The normalized spacial score (nSPS) is 24.6. The summed E-state index contributed by atoms with van der Waals surface area (Å²) in [6.45, 7) is 5.79. The summed E-state index contributed by atoms with van der Waals surface area (Å²) in [5.41, 5.74) is 0.305. The highest BCUT2D eigenvalue weighted by Gasteiger charge is 2.39. The molecule has 0 unspecified atom stereocenters. The fourth-order valence-electron chi connectivity index (χ4n) is 2.82. The summed E-state index contributed by atoms with van der Waals surface area (Å²) in [6, 6.07) is 7.22. The molecule has 0 radical (unpaired) electrons. The predicted octanol–water partition coefficient (Wildman–Crippen LogP) is 3.78. The van der Waals surface area contributed by atoms with Gasteiger partial charge in [-0.15, -0.1) is 0 Å². The van der Waals surface area contributed by atoms with Crippen LogP contribution in [-0.4, -0.2) is 24.5 Å². The van der Waals surface area contributed by atoms with Crippen LogP contribution in [0.5, 0.6) is 5.75 Å². The first-order valence-electron chi connectivity index (χ1n) is 7.89. The molecule has 1 fully saturated rings. The molecule has 1 aromatic rings. The topological polar surface area (TPSA) is 52.6 Å². The lowest BCUT2D eigenvalue weighted by atomic mass is 9.74. The van der Waals surface area contributed by atoms with Gasteiger partial charge in [-0.25, -0.2) is 0 Å². The number of ether oxygens (including phenoxy) is 2. The van der Waals surface area contributed by atoms with Crippen LogP contribution in [0.1, 0.15) is 56.8 Å². The second-order valence-corrected chi connectivity index (χ2v) is 6.18. The van der Waals surface area contributed by atoms with Gasteiger partial charge in [0.1, 0.15) is 5.75 Å². The van der Waals surface area contributed by atoms with Crippen LogP contribution in [0.4, 0.5) is 0 Å². The third kappa shape index (κ3) is 3.87. The molecule has 4 heteroatoms. The van der Waals surface area contributed by atoms with Crippen molar-refractivity contribution in [1.82, 2.24) is 0 Å². The first kappa shape index (κ1) is 16.5. The number of hydrogen-bond donors (Lipinski definition) is 0. The van der Waals surface area contributed by atoms with E-state index in [9.17, 15) is 9.59 Å². The van der Waals surface area contributed by atoms with E-state index in [1.165, 1.54) is 0 Å². The van der Waals surface area contributed by atoms with Gasteiger partial charge in [0.05, 0.1) is 18.1 Å². The van der Waals surface area contributed by atoms with Crippen LogP contribution in [0.25, 0.3) is 0 Å². The molecule has 4 nitrogen and oxygen atoms in total. The Morgan fingerprint density at radius 2 is 1.77 bits per heavy atom. The van der Waals surface area contributed by atoms with Gasteiger partial charge in [-0.05, 0) is 70.7 Å². The Bertz CT molecular complexity index is 525. The predicted molar refractivity (Wildman–Crippen MR) is 84.1 cm³/mol. The first-order valence-corrected chi connectivity index (χ1v) is 7.89. The molecule has 1 saturated carbocycles. The monoisotopic (exact) mass is 304 g/mol. The smallest absolute Gasteiger partial charge is 0.311 e. The van der Waals surface area contributed by atoms with Gasteiger partial charge in [-0.3, -0.25) is 9.59 Å². The van der Waals surface area contributed by atoms with Crippen molar-refractivity contribution < 1.29 is 19.1 Å². The standard InChI is InChI=1S/C18H24O4/c1-4-21-17(20)18(3)11-9-16(10-12-18)22-15-7-5-14(6-8-15)13(2)19/h5-8,16H,4,9-12H2,1-3H3. The van der Waals surface area contributed by atoms with Gasteiger partial charge in [0.2, 0.25) is 0 Å². The van der Waals surface area contributed by atoms with E-state index >= 15 is 0 Å². The molecule has 0 atom stereocenters. The molecule has 0 spiro atoms. The van der Waals surface area contributed by atoms with E-state index in [0.717, 1.165) is 31.4 Å². The van der Waals surface area contributed by atoms with E-state index in [2.05, 4.69) is 0 Å². The van der Waals surface area contributed by atoms with Gasteiger partial charge in [0.25, 0.3) is 0 Å². The van der Waals surface area contributed by atoms with Crippen LogP contribution in [0.2, 0.25) is 0 Å². The fraction of sp³-hybridized carbons (Fsp3) is 0.556. The Labute approximate surface area is 131 Å². The quantitative estimate of drug-likeness (QED) is 0.613. The Morgan fingerprint density at radius 1 is 1.18 bits per heavy atom. The minimum absolute atomic E-state index is 0.0504. The number of carbonyl (C=O) groups excluding carboxylic acids is 2. The van der Waals surface area contributed by atoms with Crippen molar-refractivity contribution in [3.8, 4) is 5.75 Å². The van der Waals surface area contributed by atoms with Crippen molar-refractivity contribution in [1.29, 1.82) is 0 Å². The van der Waals surface area contributed by atoms with Crippen molar-refractivity contribution in [3.63, 3.8) is 0 Å². The summed E-state index contributed by atoms with van der Waals surface area (Å²) in [7, 11) is 0. The van der Waals surface area contributed by atoms with E-state index in [0.29, 0.717) is 12.2 Å². The lowest BCUT2D eigenvalue weighted by molar-refractivity contribution is -0.157. The van der Waals surface area contributed by atoms with Crippen molar-refractivity contribution in [2.45, 2.75) is 52.6 Å². The lowest BCUT2D eigenvalue weighted by Crippen LogP contribution is -2.37. The SMILES string of the molecule is CCOC(=O)C1(C)CCC(Oc2ccc(C(C)=O)cc2)CC1. The van der Waals surface area contributed by atoms with Gasteiger partial charge in [-0.1, -0.05) is 0 Å². The van der Waals surface area contributed by atoms with Crippen LogP contribution in [0, 0.1) is 5.41 Å². The van der Waals surface area contributed by atoms with Crippen LogP contribution in [0.3, 0.4) is 0 Å². The number of benzene rings is 1. The summed E-state index contributed by atoms with van der Waals surface area (Å²) >= 11 is 0. The van der Waals surface area contributed by atoms with E-state index in [4.69, 9.17) is 9.47 Å². The Hall–Kier alpha value is -1.84. The highest BCUT2D eigenvalue weighted by Crippen LogP contribution is 2.38. The average Bonchev–Trinajstić information content (AvgIpc) is 2.50. The average molecular weight is 304 g/mol. The van der Waals surface area contributed by atoms with Crippen molar-refractivity contribution in [2.24, 2.45) is 5.41 Å². The summed E-state index contributed by atoms with van der Waals surface area (Å²) in [5.74, 6) is 0.725. The number of carbonyl (C=O) groups is 2. The lowest BCUT2D eigenvalue weighted by Gasteiger charge is -2.35. The Morgan fingerprint density at radius 3 is 2.27 bits per heavy atom. The summed E-state index contributed by atoms with van der Waals surface area (Å²) in [6.07, 6.45) is 3.35. The van der Waals surface area contributed by atoms with Crippen molar-refractivity contribution in [2.75, 3.05) is 6.61 Å². The van der Waals surface area contributed by atoms with Crippen LogP contribution < -0.4 is 4.74 Å². The van der Waals surface area contributed by atoms with E-state index in [1.54, 1.807) is 19.1 Å². The van der Waals surface area contributed by atoms with Crippen LogP contribution in [-0.2, 0) is 9.53 Å². The molecule has 0 aromatic heterocycles. The molecule has 0 saturated heterocycles. The maximum Gasteiger partial charge on any atom is 0.311 e. The molecule has 0 N–H and O–H groups in total. The van der Waals surface area contributed by atoms with Gasteiger partial charge in [-0.2, -0.15) is 0 Å². The summed E-state index contributed by atoms with van der Waals surface area (Å²) in [4.78, 5) is 23.2. The molecular weight excluding hydrogens is 280 g/mol. The van der Waals surface area contributed by atoms with Crippen molar-refractivity contribution in [3.05, 3.63) is 29.8 Å². The molecule has 1 aromatic carbocycles. The second-order valence-electron chi connectivity index (χ2n) is 6.18. The van der Waals surface area contributed by atoms with E-state index in [1.807, 2.05) is 26.0 Å². The van der Waals surface area contributed by atoms with Gasteiger partial charge < -0.3 is 9.47 Å². The molecule has 0 amide bonds. The molecule has 2 rings (SSSR count). The molecule has 0 aliphatic heterocycles. The zero-order chi connectivity index (χ0) is 16.2. The van der Waals surface area contributed by atoms with Gasteiger partial charge in [0.15, 0.2) is 5.78 Å². The summed E-state index contributed by atoms with van der Waals surface area (Å²) < 4.78 is 11.1. The van der Waals surface area contributed by atoms with Crippen LogP contribution >= 0.6 is 0 Å². The Kier molecular flexibility index (Phi) is 5.22. The fourth-order valence-corrected chi connectivity index (χ4v) is 2.82. The second kappa shape index (κ2) is 6.95. The highest BCUT2D eigenvalue weighted by atomic mass is 16.5. The molecule has 22 heavy (non-hydrogen) atoms. The number of esters is 1. The first-order chi connectivity index (χ1) is 10.4. The molecule has 1 aliphatic carbocycles. The molecule has 120 valence electrons. The van der Waals surface area contributed by atoms with Crippen LogP contribution in [0.15, 0.2) is 24.3 Å². The third-order valence-corrected chi connectivity index (χ3v) is 4.37. The molecule has 0 heterocycles. The maximum atomic E-state index is 12.0. The zero-order valence-corrected chi connectivity index (χ0v) is 13.6. The minimum Gasteiger partial charge on any atom is -0.490 e. The molecule has 1 aliphatic rings. The Balaban J connectivity index is 1.89. The molecular formula is C18H24O4. The number of hydrogen-bond acceptors (Lipinski definition) is 4. The number of Topliss-reactive ketones (excluding diaryl/α,β-unsaturated/α-hetero) is 1. The largest absolute Gasteiger partial charge is 0.490 e. The molecule has 0 bridgehead atoms.